The van der Waals surface area contributed by atoms with Crippen LogP contribution < -0.4 is 0 Å². The normalized spacial score (nSPS) is 19.6. The molecule has 1 rings (SSSR count). The number of hydrogen-bond donors (Lipinski definition) is 0. The van der Waals surface area contributed by atoms with Crippen LogP contribution in [0.2, 0.25) is 0 Å². The Hall–Kier alpha value is 0.320. The van der Waals surface area contributed by atoms with Gasteiger partial charge in [-0.15, -0.1) is 0 Å². The molecule has 0 amide bonds. The molecule has 0 bridgehead atoms. The van der Waals surface area contributed by atoms with Gasteiger partial charge in [0.1, 0.15) is 20.0 Å². The Balaban J connectivity index is 0.000000810. The summed E-state index contributed by atoms with van der Waals surface area (Å²) < 4.78 is 9.36. The van der Waals surface area contributed by atoms with Gasteiger partial charge in [0.25, 0.3) is 6.04 Å². The topological polar surface area (TPSA) is 61.6 Å². The standard InChI is InChI=1S/C4H7NO4.Na.H/c6-5(7)4-1-8-3-9-2-4;;/h4H,1-3H2;;. The molecule has 0 aliphatic carbocycles. The number of ether oxygens (including phenoxy) is 2. The second-order valence-electron chi connectivity index (χ2n) is 1.80. The van der Waals surface area contributed by atoms with E-state index in [2.05, 4.69) is 9.47 Å². The molecule has 10 heavy (non-hydrogen) atoms. The third kappa shape index (κ3) is 2.94. The van der Waals surface area contributed by atoms with Crippen LogP contribution in [-0.4, -0.2) is 60.5 Å². The maximum absolute atomic E-state index is 10.00. The van der Waals surface area contributed by atoms with Gasteiger partial charge < -0.3 is 9.47 Å². The number of nitro groups is 1. The molecular formula is C4H8NNaO4. The Morgan fingerprint density at radius 1 is 1.40 bits per heavy atom. The third-order valence-electron chi connectivity index (χ3n) is 1.09. The van der Waals surface area contributed by atoms with E-state index in [9.17, 15) is 10.1 Å². The Kier molecular flexibility index (Phi) is 5.20. The molecule has 6 heteroatoms. The first-order valence-electron chi connectivity index (χ1n) is 2.59. The molecule has 0 N–H and O–H groups in total. The zero-order valence-electron chi connectivity index (χ0n) is 4.78. The van der Waals surface area contributed by atoms with Crippen molar-refractivity contribution >= 4 is 29.6 Å². The third-order valence-corrected chi connectivity index (χ3v) is 1.09. The second-order valence-corrected chi connectivity index (χ2v) is 1.80. The van der Waals surface area contributed by atoms with Crippen LogP contribution >= 0.6 is 0 Å². The fraction of sp³-hybridized carbons (Fsp3) is 1.00. The van der Waals surface area contributed by atoms with E-state index >= 15 is 0 Å². The molecule has 5 nitrogen and oxygen atoms in total. The van der Waals surface area contributed by atoms with Crippen molar-refractivity contribution in [3.8, 4) is 0 Å². The van der Waals surface area contributed by atoms with Gasteiger partial charge in [-0.1, -0.05) is 0 Å². The van der Waals surface area contributed by atoms with E-state index < -0.39 is 6.04 Å². The number of rotatable bonds is 1. The number of hydrogen-bond acceptors (Lipinski definition) is 4. The molecule has 0 radical (unpaired) electrons. The summed E-state index contributed by atoms with van der Waals surface area (Å²) in [6.45, 7) is 0.532. The van der Waals surface area contributed by atoms with E-state index in [4.69, 9.17) is 0 Å². The minimum absolute atomic E-state index is 0. The summed E-state index contributed by atoms with van der Waals surface area (Å²) in [6, 6.07) is -0.668. The van der Waals surface area contributed by atoms with Gasteiger partial charge in [-0.05, 0) is 0 Å². The van der Waals surface area contributed by atoms with Crippen LogP contribution in [0.5, 0.6) is 0 Å². The second kappa shape index (κ2) is 5.03. The van der Waals surface area contributed by atoms with Gasteiger partial charge in [0.2, 0.25) is 0 Å². The van der Waals surface area contributed by atoms with Crippen LogP contribution in [-0.2, 0) is 9.47 Å². The molecule has 0 aromatic rings. The molecule has 1 saturated heterocycles. The molecule has 0 spiro atoms. The van der Waals surface area contributed by atoms with Crippen molar-refractivity contribution < 1.29 is 14.4 Å². The molecule has 1 aliphatic rings. The fourth-order valence-electron chi connectivity index (χ4n) is 0.597. The zero-order valence-corrected chi connectivity index (χ0v) is 4.78. The first-order chi connectivity index (χ1) is 4.30. The summed E-state index contributed by atoms with van der Waals surface area (Å²) in [5, 5.41) is 10.00. The fourth-order valence-corrected chi connectivity index (χ4v) is 0.597. The Labute approximate surface area is 80.1 Å². The van der Waals surface area contributed by atoms with E-state index in [0.717, 1.165) is 0 Å². The Bertz CT molecular complexity index is 114. The molecule has 0 atom stereocenters. The first-order valence-corrected chi connectivity index (χ1v) is 2.59. The predicted molar refractivity (Wildman–Crippen MR) is 34.7 cm³/mol. The molecule has 54 valence electrons. The Morgan fingerprint density at radius 2 is 1.90 bits per heavy atom. The van der Waals surface area contributed by atoms with E-state index in [1.807, 2.05) is 0 Å². The van der Waals surface area contributed by atoms with Crippen molar-refractivity contribution in [1.29, 1.82) is 0 Å². The first kappa shape index (κ1) is 10.3. The van der Waals surface area contributed by atoms with Gasteiger partial charge in [-0.25, -0.2) is 0 Å². The van der Waals surface area contributed by atoms with Crippen LogP contribution in [0.25, 0.3) is 0 Å². The number of nitrogens with zero attached hydrogens (tertiary/aromatic N) is 1. The molecule has 1 fully saturated rings. The van der Waals surface area contributed by atoms with E-state index in [1.165, 1.54) is 0 Å². The van der Waals surface area contributed by atoms with Crippen LogP contribution in [0.15, 0.2) is 0 Å². The summed E-state index contributed by atoms with van der Waals surface area (Å²) in [4.78, 5) is 9.61. The van der Waals surface area contributed by atoms with Crippen molar-refractivity contribution in [2.45, 2.75) is 6.04 Å². The van der Waals surface area contributed by atoms with Crippen molar-refractivity contribution in [2.24, 2.45) is 0 Å². The van der Waals surface area contributed by atoms with Gasteiger partial charge in [0, 0.05) is 4.92 Å². The molecular weight excluding hydrogens is 149 g/mol. The van der Waals surface area contributed by atoms with Crippen LogP contribution in [0, 0.1) is 10.1 Å². The average Bonchev–Trinajstić information content (AvgIpc) is 1.90. The Morgan fingerprint density at radius 3 is 2.20 bits per heavy atom. The van der Waals surface area contributed by atoms with Gasteiger partial charge in [0.15, 0.2) is 0 Å². The summed E-state index contributed by atoms with van der Waals surface area (Å²) in [5.74, 6) is 0. The van der Waals surface area contributed by atoms with Gasteiger partial charge in [-0.3, -0.25) is 10.1 Å². The SMILES string of the molecule is O=[N+]([O-])C1COCOC1.[NaH]. The van der Waals surface area contributed by atoms with Crippen molar-refractivity contribution in [3.05, 3.63) is 10.1 Å². The minimum atomic E-state index is -0.668. The molecule has 0 saturated carbocycles. The summed E-state index contributed by atoms with van der Waals surface area (Å²) in [5.41, 5.74) is 0. The average molecular weight is 157 g/mol. The molecule has 1 aliphatic heterocycles. The predicted octanol–water partition coefficient (Wildman–Crippen LogP) is -1.01. The summed E-state index contributed by atoms with van der Waals surface area (Å²) >= 11 is 0. The van der Waals surface area contributed by atoms with Gasteiger partial charge in [-0.2, -0.15) is 0 Å². The maximum atomic E-state index is 10.00. The van der Waals surface area contributed by atoms with E-state index in [-0.39, 0.29) is 54.5 Å². The molecule has 0 unspecified atom stereocenters. The van der Waals surface area contributed by atoms with Gasteiger partial charge in [0.05, 0.1) is 0 Å². The van der Waals surface area contributed by atoms with Crippen molar-refractivity contribution in [3.63, 3.8) is 0 Å². The monoisotopic (exact) mass is 157 g/mol. The van der Waals surface area contributed by atoms with Crippen LogP contribution in [0.1, 0.15) is 0 Å². The molecule has 0 aromatic carbocycles. The van der Waals surface area contributed by atoms with Gasteiger partial charge >= 0.3 is 29.6 Å². The quantitative estimate of drug-likeness (QED) is 0.278. The summed E-state index contributed by atoms with van der Waals surface area (Å²) in [7, 11) is 0. The van der Waals surface area contributed by atoms with Crippen molar-refractivity contribution in [2.75, 3.05) is 20.0 Å². The van der Waals surface area contributed by atoms with Crippen LogP contribution in [0.3, 0.4) is 0 Å². The zero-order chi connectivity index (χ0) is 6.69. The van der Waals surface area contributed by atoms with E-state index in [1.54, 1.807) is 0 Å². The summed E-state index contributed by atoms with van der Waals surface area (Å²) in [6.07, 6.45) is 0. The molecule has 1 heterocycles. The van der Waals surface area contributed by atoms with Crippen LogP contribution in [0.4, 0.5) is 0 Å². The van der Waals surface area contributed by atoms with E-state index in [0.29, 0.717) is 0 Å². The molecule has 0 aromatic heterocycles. The van der Waals surface area contributed by atoms with Crippen molar-refractivity contribution in [1.82, 2.24) is 0 Å².